The number of hydrogen-bond donors (Lipinski definition) is 2. The van der Waals surface area contributed by atoms with Crippen LogP contribution in [0.2, 0.25) is 0 Å². The van der Waals surface area contributed by atoms with E-state index >= 15 is 0 Å². The van der Waals surface area contributed by atoms with Gasteiger partial charge in [0.2, 0.25) is 0 Å². The second-order valence-electron chi connectivity index (χ2n) is 6.03. The molecular weight excluding hydrogens is 307 g/mol. The highest BCUT2D eigenvalue weighted by atomic mass is 16.4. The first-order valence-corrected chi connectivity index (χ1v) is 8.28. The monoisotopic (exact) mass is 324 g/mol. The predicted molar refractivity (Wildman–Crippen MR) is 105 cm³/mol. The molecule has 0 fully saturated rings. The van der Waals surface area contributed by atoms with Gasteiger partial charge in [0.1, 0.15) is 0 Å². The van der Waals surface area contributed by atoms with Gasteiger partial charge >= 0.3 is 7.12 Å². The van der Waals surface area contributed by atoms with Gasteiger partial charge in [0.15, 0.2) is 0 Å². The first kappa shape index (κ1) is 15.6. The van der Waals surface area contributed by atoms with Crippen LogP contribution in [0.3, 0.4) is 0 Å². The maximum atomic E-state index is 9.67. The van der Waals surface area contributed by atoms with Gasteiger partial charge in [-0.2, -0.15) is 0 Å². The molecule has 0 bridgehead atoms. The molecule has 0 spiro atoms. The number of fused-ring (bicyclic) bond motifs is 1. The van der Waals surface area contributed by atoms with E-state index in [9.17, 15) is 10.0 Å². The average molecular weight is 324 g/mol. The third-order valence-corrected chi connectivity index (χ3v) is 4.54. The summed E-state index contributed by atoms with van der Waals surface area (Å²) in [5.41, 5.74) is 5.05. The van der Waals surface area contributed by atoms with E-state index in [-0.39, 0.29) is 0 Å². The summed E-state index contributed by atoms with van der Waals surface area (Å²) in [6.45, 7) is 0. The zero-order chi connectivity index (χ0) is 17.2. The summed E-state index contributed by atoms with van der Waals surface area (Å²) in [4.78, 5) is 0. The number of rotatable bonds is 3. The van der Waals surface area contributed by atoms with Crippen molar-refractivity contribution >= 4 is 23.4 Å². The molecule has 120 valence electrons. The van der Waals surface area contributed by atoms with E-state index in [1.165, 1.54) is 0 Å². The van der Waals surface area contributed by atoms with Crippen LogP contribution < -0.4 is 5.46 Å². The first-order chi connectivity index (χ1) is 12.3. The summed E-state index contributed by atoms with van der Waals surface area (Å²) in [5.74, 6) is 0. The van der Waals surface area contributed by atoms with Crippen LogP contribution in [0.15, 0.2) is 91.0 Å². The van der Waals surface area contributed by atoms with E-state index < -0.39 is 7.12 Å². The van der Waals surface area contributed by atoms with Crippen LogP contribution in [0.1, 0.15) is 0 Å². The van der Waals surface area contributed by atoms with E-state index in [0.717, 1.165) is 33.0 Å². The molecule has 0 saturated carbocycles. The van der Waals surface area contributed by atoms with E-state index in [2.05, 4.69) is 24.3 Å². The minimum absolute atomic E-state index is 0.525. The Balaban J connectivity index is 2.00. The van der Waals surface area contributed by atoms with Crippen molar-refractivity contribution in [1.29, 1.82) is 0 Å². The highest BCUT2D eigenvalue weighted by Gasteiger charge is 2.17. The molecule has 0 aliphatic rings. The summed E-state index contributed by atoms with van der Waals surface area (Å²) >= 11 is 0. The van der Waals surface area contributed by atoms with Crippen molar-refractivity contribution in [3.8, 4) is 22.3 Å². The molecule has 0 aliphatic heterocycles. The Morgan fingerprint density at radius 2 is 1.08 bits per heavy atom. The zero-order valence-corrected chi connectivity index (χ0v) is 13.6. The van der Waals surface area contributed by atoms with Gasteiger partial charge in [-0.25, -0.2) is 0 Å². The topological polar surface area (TPSA) is 40.5 Å². The lowest BCUT2D eigenvalue weighted by atomic mass is 9.75. The summed E-state index contributed by atoms with van der Waals surface area (Å²) in [6, 6.07) is 30.2. The van der Waals surface area contributed by atoms with Crippen LogP contribution in [0.25, 0.3) is 33.0 Å². The van der Waals surface area contributed by atoms with Crippen molar-refractivity contribution < 1.29 is 10.0 Å². The Morgan fingerprint density at radius 3 is 1.80 bits per heavy atom. The molecule has 4 aromatic carbocycles. The van der Waals surface area contributed by atoms with Gasteiger partial charge in [0, 0.05) is 0 Å². The van der Waals surface area contributed by atoms with Gasteiger partial charge in [-0.05, 0) is 38.5 Å². The molecule has 4 aromatic rings. The maximum absolute atomic E-state index is 9.67. The summed E-state index contributed by atoms with van der Waals surface area (Å²) in [7, 11) is -1.48. The van der Waals surface area contributed by atoms with Crippen LogP contribution in [0.4, 0.5) is 0 Å². The molecule has 0 amide bonds. The lowest BCUT2D eigenvalue weighted by Gasteiger charge is -2.15. The van der Waals surface area contributed by atoms with Crippen LogP contribution in [-0.2, 0) is 0 Å². The fraction of sp³-hybridized carbons (Fsp3) is 0. The van der Waals surface area contributed by atoms with Crippen LogP contribution in [0, 0.1) is 0 Å². The standard InChI is InChI=1S/C22H17BO2/c24-23(25)22-15-14-20(19-12-6-7-13-21(19)22)18-11-5-4-10-17(18)16-8-2-1-3-9-16/h1-15,24-25H. The van der Waals surface area contributed by atoms with Gasteiger partial charge in [-0.3, -0.25) is 0 Å². The summed E-state index contributed by atoms with van der Waals surface area (Å²) < 4.78 is 0. The Bertz CT molecular complexity index is 1030. The molecule has 2 N–H and O–H groups in total. The van der Waals surface area contributed by atoms with Gasteiger partial charge in [-0.1, -0.05) is 91.0 Å². The molecule has 25 heavy (non-hydrogen) atoms. The van der Waals surface area contributed by atoms with E-state index in [4.69, 9.17) is 0 Å². The molecule has 0 saturated heterocycles. The quantitative estimate of drug-likeness (QED) is 0.562. The summed E-state index contributed by atoms with van der Waals surface area (Å²) in [6.07, 6.45) is 0. The van der Waals surface area contributed by atoms with Gasteiger partial charge in [0.25, 0.3) is 0 Å². The predicted octanol–water partition coefficient (Wildman–Crippen LogP) is 3.85. The molecule has 0 heterocycles. The fourth-order valence-corrected chi connectivity index (χ4v) is 3.37. The highest BCUT2D eigenvalue weighted by Crippen LogP contribution is 2.35. The first-order valence-electron chi connectivity index (χ1n) is 8.28. The summed E-state index contributed by atoms with van der Waals surface area (Å²) in [5, 5.41) is 21.2. The lowest BCUT2D eigenvalue weighted by Crippen LogP contribution is -2.30. The van der Waals surface area contributed by atoms with Gasteiger partial charge < -0.3 is 10.0 Å². The minimum atomic E-state index is -1.48. The third-order valence-electron chi connectivity index (χ3n) is 4.54. The smallest absolute Gasteiger partial charge is 0.423 e. The number of benzene rings is 4. The van der Waals surface area contributed by atoms with Crippen molar-refractivity contribution in [2.24, 2.45) is 0 Å². The average Bonchev–Trinajstić information content (AvgIpc) is 2.67. The maximum Gasteiger partial charge on any atom is 0.489 e. The van der Waals surface area contributed by atoms with E-state index in [0.29, 0.717) is 5.46 Å². The Hall–Kier alpha value is -2.88. The SMILES string of the molecule is OB(O)c1ccc(-c2ccccc2-c2ccccc2)c2ccccc12. The van der Waals surface area contributed by atoms with Crippen LogP contribution >= 0.6 is 0 Å². The van der Waals surface area contributed by atoms with Crippen molar-refractivity contribution in [3.63, 3.8) is 0 Å². The van der Waals surface area contributed by atoms with Crippen molar-refractivity contribution in [3.05, 3.63) is 91.0 Å². The van der Waals surface area contributed by atoms with Crippen LogP contribution in [-0.4, -0.2) is 17.2 Å². The Labute approximate surface area is 147 Å². The van der Waals surface area contributed by atoms with Gasteiger partial charge in [-0.15, -0.1) is 0 Å². The number of hydrogen-bond acceptors (Lipinski definition) is 2. The molecular formula is C22H17BO2. The lowest BCUT2D eigenvalue weighted by molar-refractivity contribution is 0.426. The third kappa shape index (κ3) is 2.84. The Kier molecular flexibility index (Phi) is 4.10. The molecule has 0 atom stereocenters. The second kappa shape index (κ2) is 6.56. The minimum Gasteiger partial charge on any atom is -0.423 e. The highest BCUT2D eigenvalue weighted by molar-refractivity contribution is 6.62. The van der Waals surface area contributed by atoms with E-state index in [1.807, 2.05) is 60.7 Å². The molecule has 0 radical (unpaired) electrons. The molecule has 4 rings (SSSR count). The molecule has 0 aromatic heterocycles. The normalized spacial score (nSPS) is 10.8. The van der Waals surface area contributed by atoms with Crippen LogP contribution in [0.5, 0.6) is 0 Å². The van der Waals surface area contributed by atoms with Crippen molar-refractivity contribution in [2.45, 2.75) is 0 Å². The Morgan fingerprint density at radius 1 is 0.480 bits per heavy atom. The van der Waals surface area contributed by atoms with Gasteiger partial charge in [0.05, 0.1) is 0 Å². The fourth-order valence-electron chi connectivity index (χ4n) is 3.37. The largest absolute Gasteiger partial charge is 0.489 e. The molecule has 0 unspecified atom stereocenters. The van der Waals surface area contributed by atoms with Crippen molar-refractivity contribution in [2.75, 3.05) is 0 Å². The molecule has 2 nitrogen and oxygen atoms in total. The second-order valence-corrected chi connectivity index (χ2v) is 6.03. The zero-order valence-electron chi connectivity index (χ0n) is 13.6. The molecule has 3 heteroatoms. The van der Waals surface area contributed by atoms with E-state index in [1.54, 1.807) is 6.07 Å². The van der Waals surface area contributed by atoms with Crippen molar-refractivity contribution in [1.82, 2.24) is 0 Å². The molecule has 0 aliphatic carbocycles.